The number of anilines is 1. The van der Waals surface area contributed by atoms with Gasteiger partial charge in [-0.2, -0.15) is 0 Å². The second-order valence-corrected chi connectivity index (χ2v) is 6.28. The summed E-state index contributed by atoms with van der Waals surface area (Å²) in [4.78, 5) is 23.7. The Kier molecular flexibility index (Phi) is 4.97. The molecule has 6 nitrogen and oxygen atoms in total. The molecule has 0 unspecified atom stereocenters. The Morgan fingerprint density at radius 1 is 1.12 bits per heavy atom. The van der Waals surface area contributed by atoms with Gasteiger partial charge >= 0.3 is 11.9 Å². The predicted octanol–water partition coefficient (Wildman–Crippen LogP) is 2.93. The van der Waals surface area contributed by atoms with Crippen molar-refractivity contribution in [1.82, 2.24) is 0 Å². The van der Waals surface area contributed by atoms with Crippen molar-refractivity contribution < 1.29 is 23.8 Å². The first-order valence-electron chi connectivity index (χ1n) is 7.46. The molecular weight excluding hydrogens is 310 g/mol. The van der Waals surface area contributed by atoms with Gasteiger partial charge in [-0.3, -0.25) is 0 Å². The lowest BCUT2D eigenvalue weighted by molar-refractivity contribution is -0.157. The maximum atomic E-state index is 11.8. The predicted molar refractivity (Wildman–Crippen MR) is 91.0 cm³/mol. The van der Waals surface area contributed by atoms with E-state index in [9.17, 15) is 9.59 Å². The lowest BCUT2D eigenvalue weighted by Crippen LogP contribution is -2.27. The summed E-state index contributed by atoms with van der Waals surface area (Å²) in [6, 6.07) is 8.46. The SMILES string of the molecule is COC(=O)c1cc(OCC(=O)OC(C)(C)C)c2cccc(N)c2c1. The van der Waals surface area contributed by atoms with Gasteiger partial charge in [0.15, 0.2) is 6.61 Å². The summed E-state index contributed by atoms with van der Waals surface area (Å²) < 4.78 is 15.5. The fourth-order valence-corrected chi connectivity index (χ4v) is 2.24. The second-order valence-electron chi connectivity index (χ2n) is 6.28. The third kappa shape index (κ3) is 4.16. The van der Waals surface area contributed by atoms with Gasteiger partial charge in [0.2, 0.25) is 0 Å². The van der Waals surface area contributed by atoms with E-state index < -0.39 is 17.5 Å². The molecular formula is C18H21NO5. The van der Waals surface area contributed by atoms with Crippen molar-refractivity contribution in [3.8, 4) is 5.75 Å². The average Bonchev–Trinajstić information content (AvgIpc) is 2.50. The fraction of sp³-hybridized carbons (Fsp3) is 0.333. The molecule has 0 fully saturated rings. The van der Waals surface area contributed by atoms with Crippen LogP contribution in [0.4, 0.5) is 5.69 Å². The number of methoxy groups -OCH3 is 1. The topological polar surface area (TPSA) is 87.8 Å². The van der Waals surface area contributed by atoms with Crippen LogP contribution in [-0.2, 0) is 14.3 Å². The number of carbonyl (C=O) groups excluding carboxylic acids is 2. The second kappa shape index (κ2) is 6.78. The lowest BCUT2D eigenvalue weighted by atomic mass is 10.0. The van der Waals surface area contributed by atoms with Crippen molar-refractivity contribution in [2.45, 2.75) is 26.4 Å². The molecule has 0 aliphatic rings. The van der Waals surface area contributed by atoms with Crippen LogP contribution in [0.15, 0.2) is 30.3 Å². The standard InChI is InChI=1S/C18H21NO5/c1-18(2,3)24-16(20)10-23-15-9-11(17(21)22-4)8-13-12(15)6-5-7-14(13)19/h5-9H,10,19H2,1-4H3. The van der Waals surface area contributed by atoms with Crippen molar-refractivity contribution in [1.29, 1.82) is 0 Å². The fourth-order valence-electron chi connectivity index (χ4n) is 2.24. The van der Waals surface area contributed by atoms with Gasteiger partial charge in [0, 0.05) is 16.5 Å². The molecule has 0 heterocycles. The molecule has 0 saturated heterocycles. The van der Waals surface area contributed by atoms with Crippen LogP contribution in [0.1, 0.15) is 31.1 Å². The molecule has 0 radical (unpaired) electrons. The van der Waals surface area contributed by atoms with Crippen LogP contribution >= 0.6 is 0 Å². The van der Waals surface area contributed by atoms with Crippen molar-refractivity contribution in [3.63, 3.8) is 0 Å². The van der Waals surface area contributed by atoms with Crippen molar-refractivity contribution in [2.75, 3.05) is 19.5 Å². The zero-order valence-electron chi connectivity index (χ0n) is 14.2. The van der Waals surface area contributed by atoms with Gasteiger partial charge in [0.1, 0.15) is 11.4 Å². The summed E-state index contributed by atoms with van der Waals surface area (Å²) >= 11 is 0. The third-order valence-corrected chi connectivity index (χ3v) is 3.18. The molecule has 0 aromatic heterocycles. The molecule has 128 valence electrons. The molecule has 2 rings (SSSR count). The largest absolute Gasteiger partial charge is 0.481 e. The zero-order valence-corrected chi connectivity index (χ0v) is 14.2. The molecule has 2 aromatic rings. The van der Waals surface area contributed by atoms with Crippen LogP contribution in [-0.4, -0.2) is 31.3 Å². The van der Waals surface area contributed by atoms with Gasteiger partial charge in [-0.25, -0.2) is 9.59 Å². The Bertz CT molecular complexity index is 777. The van der Waals surface area contributed by atoms with Gasteiger partial charge in [-0.15, -0.1) is 0 Å². The Morgan fingerprint density at radius 2 is 1.83 bits per heavy atom. The maximum absolute atomic E-state index is 11.8. The van der Waals surface area contributed by atoms with E-state index in [4.69, 9.17) is 19.9 Å². The molecule has 0 aliphatic heterocycles. The molecule has 0 amide bonds. The van der Waals surface area contributed by atoms with Crippen LogP contribution in [0.3, 0.4) is 0 Å². The van der Waals surface area contributed by atoms with Crippen LogP contribution in [0, 0.1) is 0 Å². The molecule has 0 atom stereocenters. The van der Waals surface area contributed by atoms with Crippen LogP contribution in [0.2, 0.25) is 0 Å². The summed E-state index contributed by atoms with van der Waals surface area (Å²) in [5.74, 6) is -0.642. The highest BCUT2D eigenvalue weighted by Crippen LogP contribution is 2.31. The minimum atomic E-state index is -0.596. The number of nitrogen functional groups attached to an aromatic ring is 1. The van der Waals surface area contributed by atoms with Gasteiger partial charge in [-0.1, -0.05) is 12.1 Å². The van der Waals surface area contributed by atoms with Gasteiger partial charge in [0.25, 0.3) is 0 Å². The number of hydrogen-bond donors (Lipinski definition) is 1. The number of hydrogen-bond acceptors (Lipinski definition) is 6. The van der Waals surface area contributed by atoms with Gasteiger partial charge in [0.05, 0.1) is 12.7 Å². The minimum absolute atomic E-state index is 0.272. The minimum Gasteiger partial charge on any atom is -0.481 e. The number of ether oxygens (including phenoxy) is 3. The number of carbonyl (C=O) groups is 2. The van der Waals surface area contributed by atoms with Gasteiger partial charge in [-0.05, 0) is 39.0 Å². The monoisotopic (exact) mass is 331 g/mol. The van der Waals surface area contributed by atoms with Gasteiger partial charge < -0.3 is 19.9 Å². The highest BCUT2D eigenvalue weighted by Gasteiger charge is 2.18. The number of fused-ring (bicyclic) bond motifs is 1. The Morgan fingerprint density at radius 3 is 2.46 bits per heavy atom. The molecule has 0 bridgehead atoms. The summed E-state index contributed by atoms with van der Waals surface area (Å²) in [6.07, 6.45) is 0. The molecule has 6 heteroatoms. The molecule has 0 saturated carbocycles. The Hall–Kier alpha value is -2.76. The highest BCUT2D eigenvalue weighted by atomic mass is 16.6. The quantitative estimate of drug-likeness (QED) is 0.684. The van der Waals surface area contributed by atoms with Crippen LogP contribution < -0.4 is 10.5 Å². The molecule has 2 N–H and O–H groups in total. The summed E-state index contributed by atoms with van der Waals surface area (Å²) in [7, 11) is 1.29. The lowest BCUT2D eigenvalue weighted by Gasteiger charge is -2.20. The first-order chi connectivity index (χ1) is 11.2. The van der Waals surface area contributed by atoms with E-state index in [1.807, 2.05) is 0 Å². The summed E-state index contributed by atoms with van der Waals surface area (Å²) in [5.41, 5.74) is 6.17. The Balaban J connectivity index is 2.36. The van der Waals surface area contributed by atoms with E-state index in [2.05, 4.69) is 0 Å². The third-order valence-electron chi connectivity index (χ3n) is 3.18. The maximum Gasteiger partial charge on any atom is 0.344 e. The highest BCUT2D eigenvalue weighted by molar-refractivity contribution is 6.02. The average molecular weight is 331 g/mol. The van der Waals surface area contributed by atoms with E-state index in [0.29, 0.717) is 27.8 Å². The first-order valence-corrected chi connectivity index (χ1v) is 7.46. The number of benzene rings is 2. The summed E-state index contributed by atoms with van der Waals surface area (Å²) in [6.45, 7) is 5.06. The smallest absolute Gasteiger partial charge is 0.344 e. The zero-order chi connectivity index (χ0) is 17.9. The number of rotatable bonds is 4. The molecule has 0 spiro atoms. The van der Waals surface area contributed by atoms with Crippen molar-refractivity contribution in [2.24, 2.45) is 0 Å². The molecule has 0 aliphatic carbocycles. The number of esters is 2. The van der Waals surface area contributed by atoms with E-state index in [0.717, 1.165) is 0 Å². The van der Waals surface area contributed by atoms with Crippen LogP contribution in [0.25, 0.3) is 10.8 Å². The van der Waals surface area contributed by atoms with E-state index >= 15 is 0 Å². The normalized spacial score (nSPS) is 11.2. The summed E-state index contributed by atoms with van der Waals surface area (Å²) in [5, 5.41) is 1.35. The number of nitrogens with two attached hydrogens (primary N) is 1. The van der Waals surface area contributed by atoms with E-state index in [1.54, 1.807) is 45.0 Å². The van der Waals surface area contributed by atoms with Crippen molar-refractivity contribution in [3.05, 3.63) is 35.9 Å². The molecule has 24 heavy (non-hydrogen) atoms. The van der Waals surface area contributed by atoms with Crippen LogP contribution in [0.5, 0.6) is 5.75 Å². The Labute approximate surface area is 140 Å². The van der Waals surface area contributed by atoms with Crippen molar-refractivity contribution >= 4 is 28.4 Å². The molecule has 2 aromatic carbocycles. The first kappa shape index (κ1) is 17.6. The van der Waals surface area contributed by atoms with E-state index in [1.165, 1.54) is 13.2 Å². The van der Waals surface area contributed by atoms with E-state index in [-0.39, 0.29) is 6.61 Å².